The number of rotatable bonds is 3. The van der Waals surface area contributed by atoms with Crippen LogP contribution in [0.3, 0.4) is 0 Å². The topological polar surface area (TPSA) is 83.8 Å². The van der Waals surface area contributed by atoms with Gasteiger partial charge >= 0.3 is 0 Å². The summed E-state index contributed by atoms with van der Waals surface area (Å²) in [5.74, 6) is 0.759. The Bertz CT molecular complexity index is 500. The predicted octanol–water partition coefficient (Wildman–Crippen LogP) is 1.52. The fourth-order valence-electron chi connectivity index (χ4n) is 1.26. The molecule has 2 rings (SSSR count). The van der Waals surface area contributed by atoms with E-state index in [1.165, 1.54) is 0 Å². The number of nitrogens with one attached hydrogen (secondary N) is 2. The van der Waals surface area contributed by atoms with Crippen molar-refractivity contribution in [3.63, 3.8) is 0 Å². The van der Waals surface area contributed by atoms with E-state index in [2.05, 4.69) is 20.7 Å². The van der Waals surface area contributed by atoms with Crippen LogP contribution in [0.2, 0.25) is 0 Å². The molecule has 6 nitrogen and oxygen atoms in total. The van der Waals surface area contributed by atoms with Gasteiger partial charge in [0.15, 0.2) is 11.5 Å². The Morgan fingerprint density at radius 3 is 2.94 bits per heavy atom. The molecule has 2 N–H and O–H groups in total. The molecule has 2 aromatic rings. The summed E-state index contributed by atoms with van der Waals surface area (Å²) in [6.45, 7) is 3.73. The predicted molar refractivity (Wildman–Crippen MR) is 57.2 cm³/mol. The zero-order valence-electron chi connectivity index (χ0n) is 9.07. The van der Waals surface area contributed by atoms with Crippen LogP contribution in [0, 0.1) is 6.92 Å². The fraction of sp³-hybridized carbons (Fsp3) is 0.300. The SMILES string of the molecule is CCc1cc(NC(=O)c2cc(C)on2)n[nH]1. The normalized spacial score (nSPS) is 10.4. The van der Waals surface area contributed by atoms with E-state index in [-0.39, 0.29) is 11.6 Å². The van der Waals surface area contributed by atoms with Gasteiger partial charge in [-0.1, -0.05) is 12.1 Å². The summed E-state index contributed by atoms with van der Waals surface area (Å²) in [4.78, 5) is 11.6. The Morgan fingerprint density at radius 2 is 2.38 bits per heavy atom. The highest BCUT2D eigenvalue weighted by Crippen LogP contribution is 2.08. The second kappa shape index (κ2) is 4.18. The first kappa shape index (κ1) is 10.4. The van der Waals surface area contributed by atoms with Gasteiger partial charge in [0.2, 0.25) is 0 Å². The number of anilines is 1. The van der Waals surface area contributed by atoms with Crippen LogP contribution in [-0.2, 0) is 6.42 Å². The summed E-state index contributed by atoms with van der Waals surface area (Å²) in [7, 11) is 0. The number of hydrogen-bond acceptors (Lipinski definition) is 4. The first-order valence-electron chi connectivity index (χ1n) is 4.98. The van der Waals surface area contributed by atoms with Crippen molar-refractivity contribution in [3.05, 3.63) is 29.3 Å². The quantitative estimate of drug-likeness (QED) is 0.821. The standard InChI is InChI=1S/C10H12N4O2/c1-3-7-5-9(13-12-7)11-10(15)8-4-6(2)16-14-8/h4-5H,3H2,1-2H3,(H2,11,12,13,15). The van der Waals surface area contributed by atoms with Crippen molar-refractivity contribution in [2.45, 2.75) is 20.3 Å². The van der Waals surface area contributed by atoms with Crippen molar-refractivity contribution >= 4 is 11.7 Å². The van der Waals surface area contributed by atoms with Crippen molar-refractivity contribution in [2.24, 2.45) is 0 Å². The molecular weight excluding hydrogens is 208 g/mol. The number of amides is 1. The lowest BCUT2D eigenvalue weighted by molar-refractivity contribution is 0.101. The highest BCUT2D eigenvalue weighted by atomic mass is 16.5. The molecular formula is C10H12N4O2. The summed E-state index contributed by atoms with van der Waals surface area (Å²) in [6.07, 6.45) is 0.839. The lowest BCUT2D eigenvalue weighted by atomic mass is 10.3. The van der Waals surface area contributed by atoms with E-state index in [1.54, 1.807) is 19.1 Å². The number of hydrogen-bond donors (Lipinski definition) is 2. The Balaban J connectivity index is 2.07. The molecule has 0 aromatic carbocycles. The second-order valence-electron chi connectivity index (χ2n) is 3.41. The Kier molecular flexibility index (Phi) is 2.72. The third kappa shape index (κ3) is 2.10. The second-order valence-corrected chi connectivity index (χ2v) is 3.41. The molecule has 0 saturated carbocycles. The first-order chi connectivity index (χ1) is 7.69. The van der Waals surface area contributed by atoms with Crippen LogP contribution in [0.4, 0.5) is 5.82 Å². The van der Waals surface area contributed by atoms with Gasteiger partial charge in [-0.05, 0) is 13.3 Å². The molecule has 0 fully saturated rings. The van der Waals surface area contributed by atoms with Crippen molar-refractivity contribution in [3.8, 4) is 0 Å². The number of H-pyrrole nitrogens is 1. The van der Waals surface area contributed by atoms with Gasteiger partial charge in [-0.3, -0.25) is 9.89 Å². The molecule has 0 aliphatic carbocycles. The fourth-order valence-corrected chi connectivity index (χ4v) is 1.26. The number of aryl methyl sites for hydroxylation is 2. The molecule has 0 saturated heterocycles. The summed E-state index contributed by atoms with van der Waals surface area (Å²) in [5.41, 5.74) is 1.21. The number of aromatic nitrogens is 3. The first-order valence-corrected chi connectivity index (χ1v) is 4.98. The van der Waals surface area contributed by atoms with E-state index in [9.17, 15) is 4.79 Å². The van der Waals surface area contributed by atoms with Gasteiger partial charge in [-0.15, -0.1) is 0 Å². The van der Waals surface area contributed by atoms with Gasteiger partial charge in [-0.25, -0.2) is 0 Å². The van der Waals surface area contributed by atoms with Crippen molar-refractivity contribution in [1.29, 1.82) is 0 Å². The van der Waals surface area contributed by atoms with Crippen LogP contribution in [0.5, 0.6) is 0 Å². The van der Waals surface area contributed by atoms with Gasteiger partial charge in [-0.2, -0.15) is 5.10 Å². The molecule has 84 valence electrons. The molecule has 2 aromatic heterocycles. The Hall–Kier alpha value is -2.11. The van der Waals surface area contributed by atoms with E-state index in [0.29, 0.717) is 11.6 Å². The van der Waals surface area contributed by atoms with Gasteiger partial charge in [0.25, 0.3) is 5.91 Å². The molecule has 0 spiro atoms. The van der Waals surface area contributed by atoms with Gasteiger partial charge in [0.05, 0.1) is 0 Å². The molecule has 0 aliphatic heterocycles. The van der Waals surface area contributed by atoms with E-state index >= 15 is 0 Å². The minimum Gasteiger partial charge on any atom is -0.361 e. The van der Waals surface area contributed by atoms with E-state index in [1.807, 2.05) is 6.92 Å². The summed E-state index contributed by atoms with van der Waals surface area (Å²) in [5, 5.41) is 13.0. The van der Waals surface area contributed by atoms with E-state index < -0.39 is 0 Å². The zero-order valence-corrected chi connectivity index (χ0v) is 9.07. The van der Waals surface area contributed by atoms with E-state index in [0.717, 1.165) is 12.1 Å². The van der Waals surface area contributed by atoms with Gasteiger partial charge in [0, 0.05) is 17.8 Å². The Labute approximate surface area is 92.0 Å². The highest BCUT2D eigenvalue weighted by Gasteiger charge is 2.12. The average molecular weight is 220 g/mol. The molecule has 0 radical (unpaired) electrons. The minimum atomic E-state index is -0.328. The largest absolute Gasteiger partial charge is 0.361 e. The monoisotopic (exact) mass is 220 g/mol. The molecule has 2 heterocycles. The maximum atomic E-state index is 11.6. The lowest BCUT2D eigenvalue weighted by Crippen LogP contribution is -2.12. The molecule has 0 aliphatic rings. The van der Waals surface area contributed by atoms with Crippen LogP contribution >= 0.6 is 0 Å². The maximum Gasteiger partial charge on any atom is 0.279 e. The third-order valence-corrected chi connectivity index (χ3v) is 2.11. The molecule has 0 bridgehead atoms. The molecule has 1 amide bonds. The third-order valence-electron chi connectivity index (χ3n) is 2.11. The lowest BCUT2D eigenvalue weighted by Gasteiger charge is -1.95. The zero-order chi connectivity index (χ0) is 11.5. The van der Waals surface area contributed by atoms with Crippen molar-refractivity contribution in [1.82, 2.24) is 15.4 Å². The number of nitrogens with zero attached hydrogens (tertiary/aromatic N) is 2. The smallest absolute Gasteiger partial charge is 0.279 e. The van der Waals surface area contributed by atoms with Crippen LogP contribution < -0.4 is 5.32 Å². The van der Waals surface area contributed by atoms with Crippen LogP contribution in [0.15, 0.2) is 16.7 Å². The minimum absolute atomic E-state index is 0.249. The Morgan fingerprint density at radius 1 is 1.56 bits per heavy atom. The summed E-state index contributed by atoms with van der Waals surface area (Å²) >= 11 is 0. The molecule has 0 atom stereocenters. The molecule has 6 heteroatoms. The average Bonchev–Trinajstić information content (AvgIpc) is 2.87. The van der Waals surface area contributed by atoms with Crippen molar-refractivity contribution in [2.75, 3.05) is 5.32 Å². The number of carbonyl (C=O) groups excluding carboxylic acids is 1. The molecule has 0 unspecified atom stereocenters. The van der Waals surface area contributed by atoms with Crippen LogP contribution in [0.25, 0.3) is 0 Å². The van der Waals surface area contributed by atoms with Gasteiger partial charge in [0.1, 0.15) is 5.76 Å². The van der Waals surface area contributed by atoms with Crippen LogP contribution in [0.1, 0.15) is 28.9 Å². The van der Waals surface area contributed by atoms with Crippen LogP contribution in [-0.4, -0.2) is 21.3 Å². The maximum absolute atomic E-state index is 11.6. The van der Waals surface area contributed by atoms with E-state index in [4.69, 9.17) is 4.52 Å². The molecule has 16 heavy (non-hydrogen) atoms. The summed E-state index contributed by atoms with van der Waals surface area (Å²) < 4.78 is 4.81. The number of carbonyl (C=O) groups is 1. The summed E-state index contributed by atoms with van der Waals surface area (Å²) in [6, 6.07) is 3.35. The van der Waals surface area contributed by atoms with Crippen molar-refractivity contribution < 1.29 is 9.32 Å². The van der Waals surface area contributed by atoms with Gasteiger partial charge < -0.3 is 9.84 Å². The number of aromatic amines is 1. The highest BCUT2D eigenvalue weighted by molar-refractivity contribution is 6.02.